The first-order valence-electron chi connectivity index (χ1n) is 16.4. The molecule has 6 rings (SSSR count). The van der Waals surface area contributed by atoms with Crippen LogP contribution in [-0.4, -0.2) is 104 Å². The highest BCUT2D eigenvalue weighted by Crippen LogP contribution is 2.45. The molecule has 0 aromatic heterocycles. The number of nitrogens with zero attached hydrogens (tertiary/aromatic N) is 3. The third kappa shape index (κ3) is 8.20. The van der Waals surface area contributed by atoms with E-state index >= 15 is 0 Å². The monoisotopic (exact) mass is 786 g/mol. The predicted molar refractivity (Wildman–Crippen MR) is 199 cm³/mol. The third-order valence-corrected chi connectivity index (χ3v) is 12.3. The van der Waals surface area contributed by atoms with E-state index in [1.807, 2.05) is 0 Å². The number of carboxylic acids is 2. The molecule has 3 N–H and O–H groups in total. The molecule has 4 heterocycles. The van der Waals surface area contributed by atoms with Crippen molar-refractivity contribution in [2.45, 2.75) is 68.0 Å². The van der Waals surface area contributed by atoms with Gasteiger partial charge in [-0.15, -0.1) is 24.8 Å². The van der Waals surface area contributed by atoms with Crippen LogP contribution in [0.15, 0.2) is 76.0 Å². The summed E-state index contributed by atoms with van der Waals surface area (Å²) in [6, 6.07) is 14.9. The average Bonchev–Trinajstić information content (AvgIpc) is 3.31. The topological polar surface area (TPSA) is 130 Å². The van der Waals surface area contributed by atoms with E-state index in [9.17, 15) is 28.8 Å². The second-order valence-electron chi connectivity index (χ2n) is 12.8. The van der Waals surface area contributed by atoms with Crippen molar-refractivity contribution in [3.05, 3.63) is 86.7 Å². The number of rotatable bonds is 10. The van der Waals surface area contributed by atoms with Gasteiger partial charge in [-0.05, 0) is 56.5 Å². The molecule has 2 bridgehead atoms. The number of hydrogen-bond donors (Lipinski definition) is 3. The molecule has 0 radical (unpaired) electrons. The van der Waals surface area contributed by atoms with Crippen molar-refractivity contribution in [1.82, 2.24) is 20.0 Å². The van der Waals surface area contributed by atoms with E-state index in [1.165, 1.54) is 25.0 Å². The van der Waals surface area contributed by atoms with Crippen LogP contribution in [0.2, 0.25) is 10.0 Å². The number of benzene rings is 2. The van der Waals surface area contributed by atoms with Crippen LogP contribution < -0.4 is 5.32 Å². The van der Waals surface area contributed by atoms with Gasteiger partial charge in [0.25, 0.3) is 0 Å². The van der Waals surface area contributed by atoms with E-state index in [1.54, 1.807) is 41.3 Å². The summed E-state index contributed by atoms with van der Waals surface area (Å²) in [4.78, 5) is 47.1. The van der Waals surface area contributed by atoms with Crippen LogP contribution in [0.4, 0.5) is 0 Å². The lowest BCUT2D eigenvalue weighted by Gasteiger charge is -2.45. The van der Waals surface area contributed by atoms with Crippen LogP contribution >= 0.6 is 48.0 Å². The van der Waals surface area contributed by atoms with E-state index in [4.69, 9.17) is 23.2 Å². The van der Waals surface area contributed by atoms with Crippen molar-refractivity contribution in [3.8, 4) is 0 Å². The molecule has 3 unspecified atom stereocenters. The first-order chi connectivity index (χ1) is 23.1. The minimum Gasteiger partial charge on any atom is -0.478 e. The number of piperazine rings is 1. The Kier molecular flexibility index (Phi) is 13.8. The van der Waals surface area contributed by atoms with E-state index in [2.05, 4.69) is 22.0 Å². The number of carboxylic acid groups (broad SMARTS) is 2. The Morgan fingerprint density at radius 2 is 1.38 bits per heavy atom. The maximum Gasteiger partial charge on any atom is 0.334 e. The molecule has 272 valence electrons. The van der Waals surface area contributed by atoms with Gasteiger partial charge in [-0.1, -0.05) is 54.4 Å². The summed E-state index contributed by atoms with van der Waals surface area (Å²) in [7, 11) is -1.69. The number of amides is 1. The van der Waals surface area contributed by atoms with Gasteiger partial charge in [-0.2, -0.15) is 0 Å². The lowest BCUT2D eigenvalue weighted by atomic mass is 9.79. The van der Waals surface area contributed by atoms with E-state index in [0.29, 0.717) is 36.1 Å². The molecule has 50 heavy (non-hydrogen) atoms. The van der Waals surface area contributed by atoms with Gasteiger partial charge in [-0.3, -0.25) is 18.8 Å². The lowest BCUT2D eigenvalue weighted by molar-refractivity contribution is -0.133. The van der Waals surface area contributed by atoms with Crippen molar-refractivity contribution in [3.63, 3.8) is 0 Å². The minimum absolute atomic E-state index is 0. The largest absolute Gasteiger partial charge is 0.478 e. The number of piperidine rings is 1. The van der Waals surface area contributed by atoms with E-state index in [-0.39, 0.29) is 81.0 Å². The number of nitrogens with one attached hydrogen (secondary N) is 1. The van der Waals surface area contributed by atoms with Gasteiger partial charge < -0.3 is 20.4 Å². The summed E-state index contributed by atoms with van der Waals surface area (Å²) in [6.45, 7) is 5.82. The van der Waals surface area contributed by atoms with Crippen LogP contribution in [0, 0.1) is 0 Å². The van der Waals surface area contributed by atoms with Crippen molar-refractivity contribution >= 4 is 76.7 Å². The summed E-state index contributed by atoms with van der Waals surface area (Å²) >= 11 is 13.1. The second kappa shape index (κ2) is 17.3. The van der Waals surface area contributed by atoms with Gasteiger partial charge >= 0.3 is 11.9 Å². The first kappa shape index (κ1) is 40.1. The van der Waals surface area contributed by atoms with Crippen LogP contribution in [-0.2, 0) is 25.2 Å². The van der Waals surface area contributed by atoms with Gasteiger partial charge in [0.2, 0.25) is 5.91 Å². The minimum atomic E-state index is -1.69. The molecule has 0 spiro atoms. The molecular weight excluding hydrogens is 746 g/mol. The molecule has 2 aromatic carbocycles. The van der Waals surface area contributed by atoms with Crippen LogP contribution in [0.3, 0.4) is 0 Å². The number of aliphatic carboxylic acids is 2. The summed E-state index contributed by atoms with van der Waals surface area (Å²) in [5.74, 6) is -4.78. The van der Waals surface area contributed by atoms with Crippen LogP contribution in [0.25, 0.3) is 0 Å². The lowest BCUT2D eigenvalue weighted by Crippen LogP contribution is -2.56. The molecule has 10 nitrogen and oxygen atoms in total. The van der Waals surface area contributed by atoms with Crippen molar-refractivity contribution < 1.29 is 28.8 Å². The van der Waals surface area contributed by atoms with Crippen molar-refractivity contribution in [1.29, 1.82) is 0 Å². The van der Waals surface area contributed by atoms with Crippen molar-refractivity contribution in [2.75, 3.05) is 38.5 Å². The summed E-state index contributed by atoms with van der Waals surface area (Å²) in [5, 5.41) is 24.2. The fraction of sp³-hybridized carbons (Fsp3) is 0.457. The maximum absolute atomic E-state index is 13.8. The summed E-state index contributed by atoms with van der Waals surface area (Å²) in [6.07, 6.45) is 4.48. The molecule has 4 aliphatic heterocycles. The van der Waals surface area contributed by atoms with E-state index < -0.39 is 28.7 Å². The highest BCUT2D eigenvalue weighted by Gasteiger charge is 2.43. The molecule has 0 saturated carbocycles. The zero-order valence-electron chi connectivity index (χ0n) is 27.6. The normalized spacial score (nSPS) is 24.6. The van der Waals surface area contributed by atoms with Gasteiger partial charge in [0.05, 0.1) is 40.0 Å². The summed E-state index contributed by atoms with van der Waals surface area (Å²) < 4.78 is 13.5. The Balaban J connectivity index is 0.00000281. The predicted octanol–water partition coefficient (Wildman–Crippen LogP) is 5.56. The molecule has 4 aliphatic rings. The molecule has 1 amide bonds. The molecular formula is C35H42Cl4N4O6S. The molecule has 3 saturated heterocycles. The maximum atomic E-state index is 13.8. The van der Waals surface area contributed by atoms with Crippen LogP contribution in [0.5, 0.6) is 0 Å². The number of halogens is 4. The Bertz CT molecular complexity index is 1650. The average molecular weight is 789 g/mol. The molecule has 4 atom stereocenters. The zero-order valence-corrected chi connectivity index (χ0v) is 31.5. The van der Waals surface area contributed by atoms with Gasteiger partial charge in [0, 0.05) is 76.2 Å². The standard InChI is InChI=1S/C35H40Cl2N4O6S.2ClH/c1-2-41-21-11-12-22(41)18-23(17-21)39-13-15-40(16-14-39)29(42)19-27-31(34(43)44)33(30-25(36)9-6-10-26(30)37)32(35(45)46)28(38-27)20-48(47)24-7-4-3-5-8-24;;/h3-10,21-23,33,38H,2,11-20H2,1H3,(H,43,44)(H,45,46);2*1H/t21?,22?,23?,33-,48?;;/m0../s1. The van der Waals surface area contributed by atoms with Crippen LogP contribution in [0.1, 0.15) is 50.5 Å². The highest BCUT2D eigenvalue weighted by molar-refractivity contribution is 7.85. The Labute approximate surface area is 317 Å². The van der Waals surface area contributed by atoms with Gasteiger partial charge in [0.15, 0.2) is 0 Å². The molecule has 0 aliphatic carbocycles. The third-order valence-electron chi connectivity index (χ3n) is 10.3. The number of hydrogen-bond acceptors (Lipinski definition) is 7. The Morgan fingerprint density at radius 1 is 0.820 bits per heavy atom. The van der Waals surface area contributed by atoms with Gasteiger partial charge in [0.1, 0.15) is 0 Å². The number of fused-ring (bicyclic) bond motifs is 2. The van der Waals surface area contributed by atoms with Crippen molar-refractivity contribution in [2.24, 2.45) is 0 Å². The van der Waals surface area contributed by atoms with Gasteiger partial charge in [-0.25, -0.2) is 9.59 Å². The smallest absolute Gasteiger partial charge is 0.334 e. The summed E-state index contributed by atoms with van der Waals surface area (Å²) in [5.41, 5.74) is -0.496. The highest BCUT2D eigenvalue weighted by atomic mass is 35.5. The molecule has 3 fully saturated rings. The number of carbonyl (C=O) groups is 3. The SMILES string of the molecule is CCN1C2CCC1CC(N1CCN(C(=O)CC3=C(C(=O)O)[C@H](c4c(Cl)cccc4Cl)C(C(=O)O)=C(CS(=O)c4ccccc4)N3)CC1)C2.Cl.Cl. The Hall–Kier alpha value is -2.64. The quantitative estimate of drug-likeness (QED) is 0.284. The molecule has 15 heteroatoms. The number of carbonyl (C=O) groups excluding carboxylic acids is 1. The fourth-order valence-electron chi connectivity index (χ4n) is 8.09. The first-order valence-corrected chi connectivity index (χ1v) is 18.5. The molecule has 2 aromatic rings. The second-order valence-corrected chi connectivity index (χ2v) is 15.1. The zero-order chi connectivity index (χ0) is 34.1. The van der Waals surface area contributed by atoms with E-state index in [0.717, 1.165) is 32.5 Å². The fourth-order valence-corrected chi connectivity index (χ4v) is 9.82. The number of dihydropyridines is 1. The Morgan fingerprint density at radius 3 is 1.92 bits per heavy atom.